The van der Waals surface area contributed by atoms with Crippen LogP contribution in [0.2, 0.25) is 18.1 Å². The minimum Gasteiger partial charge on any atom is -0.458 e. The Bertz CT molecular complexity index is 789. The zero-order valence-electron chi connectivity index (χ0n) is 22.0. The summed E-state index contributed by atoms with van der Waals surface area (Å²) >= 11 is 1.63. The maximum atomic E-state index is 11.6. The van der Waals surface area contributed by atoms with Crippen LogP contribution in [0.5, 0.6) is 0 Å². The van der Waals surface area contributed by atoms with Crippen LogP contribution in [0.15, 0.2) is 22.6 Å². The van der Waals surface area contributed by atoms with Crippen molar-refractivity contribution in [3.63, 3.8) is 0 Å². The summed E-state index contributed by atoms with van der Waals surface area (Å²) in [6.07, 6.45) is 8.05. The average Bonchev–Trinajstić information content (AvgIpc) is 3.06. The van der Waals surface area contributed by atoms with Gasteiger partial charge in [0.1, 0.15) is 6.10 Å². The molecule has 0 saturated heterocycles. The van der Waals surface area contributed by atoms with Crippen LogP contribution in [-0.4, -0.2) is 32.0 Å². The van der Waals surface area contributed by atoms with E-state index in [0.29, 0.717) is 12.3 Å². The molecule has 0 aliphatic carbocycles. The summed E-state index contributed by atoms with van der Waals surface area (Å²) in [5.74, 6) is 0.316. The smallest absolute Gasteiger partial charge is 0.303 e. The first-order valence-electron chi connectivity index (χ1n) is 11.8. The van der Waals surface area contributed by atoms with Crippen molar-refractivity contribution in [3.05, 3.63) is 33.3 Å². The molecule has 0 bridgehead atoms. The van der Waals surface area contributed by atoms with E-state index in [1.165, 1.54) is 12.5 Å². The second-order valence-electron chi connectivity index (χ2n) is 10.6. The van der Waals surface area contributed by atoms with Crippen LogP contribution in [0.4, 0.5) is 0 Å². The van der Waals surface area contributed by atoms with Gasteiger partial charge in [-0.15, -0.1) is 11.3 Å². The predicted molar refractivity (Wildman–Crippen MR) is 141 cm³/mol. The fourth-order valence-electron chi connectivity index (χ4n) is 3.09. The zero-order chi connectivity index (χ0) is 24.5. The Morgan fingerprint density at radius 2 is 1.91 bits per heavy atom. The van der Waals surface area contributed by atoms with Crippen molar-refractivity contribution in [2.45, 2.75) is 105 Å². The normalized spacial score (nSPS) is 15.6. The molecule has 0 N–H and O–H groups in total. The molecule has 0 saturated carbocycles. The topological polar surface area (TPSA) is 48.4 Å². The Balaban J connectivity index is 2.55. The first kappa shape index (κ1) is 28.8. The maximum Gasteiger partial charge on any atom is 0.303 e. The number of aromatic nitrogens is 1. The largest absolute Gasteiger partial charge is 0.458 e. The fraction of sp³-hybridized carbons (Fsp3) is 0.692. The van der Waals surface area contributed by atoms with Crippen molar-refractivity contribution in [2.75, 3.05) is 6.61 Å². The molecular formula is C26H45NO3SSi. The second kappa shape index (κ2) is 12.9. The number of hydrogen-bond acceptors (Lipinski definition) is 5. The number of ether oxygens (including phenoxy) is 1. The Kier molecular flexibility index (Phi) is 11.6. The lowest BCUT2D eigenvalue weighted by Gasteiger charge is -2.37. The molecule has 0 amide bonds. The Morgan fingerprint density at radius 1 is 1.25 bits per heavy atom. The van der Waals surface area contributed by atoms with Gasteiger partial charge >= 0.3 is 5.97 Å². The van der Waals surface area contributed by atoms with Crippen LogP contribution < -0.4 is 0 Å². The highest BCUT2D eigenvalue weighted by Crippen LogP contribution is 2.37. The highest BCUT2D eigenvalue weighted by atomic mass is 32.1. The lowest BCUT2D eigenvalue weighted by Crippen LogP contribution is -2.41. The third-order valence-electron chi connectivity index (χ3n) is 6.31. The first-order valence-corrected chi connectivity index (χ1v) is 15.6. The molecule has 32 heavy (non-hydrogen) atoms. The average molecular weight is 480 g/mol. The maximum absolute atomic E-state index is 11.6. The molecule has 0 aliphatic heterocycles. The van der Waals surface area contributed by atoms with E-state index < -0.39 is 8.32 Å². The molecule has 6 heteroatoms. The number of aryl methyl sites for hydroxylation is 1. The molecule has 0 spiro atoms. The number of rotatable bonds is 12. The van der Waals surface area contributed by atoms with E-state index in [1.807, 2.05) is 25.3 Å². The molecule has 1 rings (SSSR count). The number of nitrogens with zero attached hydrogens (tertiary/aromatic N) is 1. The SMILES string of the molecule is CC(=O)OC(C/C=C(\C)CCC[C@H](C)CO[Si](C)(C)C(C)(C)C)/C(C)=C/c1csc(C)n1. The Morgan fingerprint density at radius 3 is 2.44 bits per heavy atom. The minimum absolute atomic E-state index is 0.249. The molecule has 1 heterocycles. The third kappa shape index (κ3) is 10.6. The summed E-state index contributed by atoms with van der Waals surface area (Å²) in [6, 6.07) is 0. The van der Waals surface area contributed by atoms with Crippen LogP contribution >= 0.6 is 11.3 Å². The second-order valence-corrected chi connectivity index (χ2v) is 16.5. The summed E-state index contributed by atoms with van der Waals surface area (Å²) in [6.45, 7) is 22.3. The van der Waals surface area contributed by atoms with E-state index in [-0.39, 0.29) is 17.1 Å². The minimum atomic E-state index is -1.67. The van der Waals surface area contributed by atoms with Gasteiger partial charge in [-0.3, -0.25) is 4.79 Å². The lowest BCUT2D eigenvalue weighted by atomic mass is 10.0. The van der Waals surface area contributed by atoms with Crippen molar-refractivity contribution in [1.82, 2.24) is 4.98 Å². The van der Waals surface area contributed by atoms with E-state index >= 15 is 0 Å². The summed E-state index contributed by atoms with van der Waals surface area (Å²) in [4.78, 5) is 16.1. The van der Waals surface area contributed by atoms with E-state index in [1.54, 1.807) is 11.3 Å². The first-order chi connectivity index (χ1) is 14.7. The van der Waals surface area contributed by atoms with Gasteiger partial charge in [-0.05, 0) is 75.7 Å². The highest BCUT2D eigenvalue weighted by molar-refractivity contribution is 7.09. The molecule has 0 aromatic carbocycles. The number of allylic oxidation sites excluding steroid dienone is 1. The monoisotopic (exact) mass is 479 g/mol. The lowest BCUT2D eigenvalue weighted by molar-refractivity contribution is -0.144. The highest BCUT2D eigenvalue weighted by Gasteiger charge is 2.37. The van der Waals surface area contributed by atoms with Crippen molar-refractivity contribution in [1.29, 1.82) is 0 Å². The van der Waals surface area contributed by atoms with Crippen LogP contribution in [0.1, 0.15) is 84.9 Å². The molecule has 0 aliphatic rings. The molecule has 0 fully saturated rings. The van der Waals surface area contributed by atoms with Crippen molar-refractivity contribution in [2.24, 2.45) is 5.92 Å². The van der Waals surface area contributed by atoms with Crippen LogP contribution in [0.3, 0.4) is 0 Å². The number of carbonyl (C=O) groups is 1. The molecule has 4 nitrogen and oxygen atoms in total. The fourth-order valence-corrected chi connectivity index (χ4v) is 4.79. The molecular weight excluding hydrogens is 434 g/mol. The van der Waals surface area contributed by atoms with Gasteiger partial charge in [0.25, 0.3) is 0 Å². The van der Waals surface area contributed by atoms with Gasteiger partial charge in [0, 0.05) is 25.3 Å². The number of carbonyl (C=O) groups excluding carboxylic acids is 1. The Labute approximate surface area is 201 Å². The molecule has 0 radical (unpaired) electrons. The Hall–Kier alpha value is -1.24. The van der Waals surface area contributed by atoms with Gasteiger partial charge in [-0.25, -0.2) is 4.98 Å². The quantitative estimate of drug-likeness (QED) is 0.173. The van der Waals surface area contributed by atoms with Crippen LogP contribution in [0, 0.1) is 12.8 Å². The number of esters is 1. The third-order valence-corrected chi connectivity index (χ3v) is 11.6. The summed E-state index contributed by atoms with van der Waals surface area (Å²) in [7, 11) is -1.67. The van der Waals surface area contributed by atoms with Crippen molar-refractivity contribution < 1.29 is 14.0 Å². The molecule has 2 atom stereocenters. The van der Waals surface area contributed by atoms with Crippen LogP contribution in [-0.2, 0) is 14.0 Å². The van der Waals surface area contributed by atoms with Gasteiger partial charge in [-0.1, -0.05) is 39.3 Å². The summed E-state index contributed by atoms with van der Waals surface area (Å²) in [5, 5.41) is 3.32. The number of thiazole rings is 1. The molecule has 1 aromatic rings. The molecule has 1 unspecified atom stereocenters. The van der Waals surface area contributed by atoms with E-state index in [4.69, 9.17) is 9.16 Å². The standard InChI is InChI=1S/C26H45NO3SSi/c1-19(12-11-13-20(2)17-29-32(9,10)26(6,7)8)14-15-25(30-23(5)28)21(3)16-24-18-31-22(4)27-24/h14,16,18,20,25H,11-13,15,17H2,1-10H3/b19-14+,21-16+/t20-,25?/m0/s1. The number of hydrogen-bond donors (Lipinski definition) is 0. The van der Waals surface area contributed by atoms with E-state index in [2.05, 4.69) is 58.8 Å². The van der Waals surface area contributed by atoms with E-state index in [0.717, 1.165) is 42.1 Å². The predicted octanol–water partition coefficient (Wildman–Crippen LogP) is 7.95. The zero-order valence-corrected chi connectivity index (χ0v) is 23.8. The van der Waals surface area contributed by atoms with Gasteiger partial charge < -0.3 is 9.16 Å². The van der Waals surface area contributed by atoms with E-state index in [9.17, 15) is 4.79 Å². The van der Waals surface area contributed by atoms with Crippen molar-refractivity contribution >= 4 is 31.7 Å². The van der Waals surface area contributed by atoms with Crippen LogP contribution in [0.25, 0.3) is 6.08 Å². The summed E-state index contributed by atoms with van der Waals surface area (Å²) < 4.78 is 12.0. The van der Waals surface area contributed by atoms with Crippen molar-refractivity contribution in [3.8, 4) is 0 Å². The van der Waals surface area contributed by atoms with Gasteiger partial charge in [0.2, 0.25) is 0 Å². The van der Waals surface area contributed by atoms with Gasteiger partial charge in [-0.2, -0.15) is 0 Å². The molecule has 1 aromatic heterocycles. The van der Waals surface area contributed by atoms with Gasteiger partial charge in [0.05, 0.1) is 10.7 Å². The van der Waals surface area contributed by atoms with Gasteiger partial charge in [0.15, 0.2) is 8.32 Å². The summed E-state index contributed by atoms with van der Waals surface area (Å²) in [5.41, 5.74) is 3.29. The molecule has 182 valence electrons.